The summed E-state index contributed by atoms with van der Waals surface area (Å²) in [4.78, 5) is 62.8. The molecule has 0 unspecified atom stereocenters. The van der Waals surface area contributed by atoms with E-state index in [1.54, 1.807) is 21.8 Å². The van der Waals surface area contributed by atoms with Gasteiger partial charge in [0.1, 0.15) is 12.8 Å². The Bertz CT molecular complexity index is 2290. The Hall–Kier alpha value is -4.62. The average Bonchev–Trinajstić information content (AvgIpc) is 3.69. The fourth-order valence-corrected chi connectivity index (χ4v) is 6.64. The number of aromatic amines is 3. The van der Waals surface area contributed by atoms with Gasteiger partial charge in [-0.1, -0.05) is 112 Å². The normalized spacial score (nSPS) is 11.6. The molecule has 4 aromatic heterocycles. The van der Waals surface area contributed by atoms with Gasteiger partial charge in [-0.25, -0.2) is 19.6 Å². The van der Waals surface area contributed by atoms with E-state index in [2.05, 4.69) is 64.2 Å². The Labute approximate surface area is 313 Å². The molecule has 53 heavy (non-hydrogen) atoms. The van der Waals surface area contributed by atoms with Crippen LogP contribution in [-0.2, 0) is 29.3 Å². The summed E-state index contributed by atoms with van der Waals surface area (Å²) in [5.41, 5.74) is 1.61. The van der Waals surface area contributed by atoms with Crippen molar-refractivity contribution in [1.82, 2.24) is 38.6 Å². The van der Waals surface area contributed by atoms with Crippen molar-refractivity contribution < 1.29 is 9.47 Å². The number of H-pyrrole nitrogens is 3. The Morgan fingerprint density at radius 2 is 1.17 bits per heavy atom. The van der Waals surface area contributed by atoms with Gasteiger partial charge in [-0.2, -0.15) is 0 Å². The first-order valence-electron chi connectivity index (χ1n) is 17.3. The molecule has 17 heteroatoms. The summed E-state index contributed by atoms with van der Waals surface area (Å²) >= 11 is 5.32. The summed E-state index contributed by atoms with van der Waals surface area (Å²) < 4.78 is 15.5. The molecule has 0 spiro atoms. The minimum Gasteiger partial charge on any atom is -0.366 e. The second-order valence-electron chi connectivity index (χ2n) is 14.9. The predicted octanol–water partition coefficient (Wildman–Crippen LogP) is 5.25. The van der Waals surface area contributed by atoms with Crippen molar-refractivity contribution in [2.45, 2.75) is 71.2 Å². The van der Waals surface area contributed by atoms with E-state index in [1.807, 2.05) is 60.7 Å². The van der Waals surface area contributed by atoms with Gasteiger partial charge in [-0.3, -0.25) is 29.1 Å². The van der Waals surface area contributed by atoms with Crippen LogP contribution in [0.4, 0.5) is 0 Å². The number of rotatable bonds is 13. The summed E-state index contributed by atoms with van der Waals surface area (Å²) in [5.74, 6) is 0. The summed E-state index contributed by atoms with van der Waals surface area (Å²) in [6.07, 6.45) is 3.13. The van der Waals surface area contributed by atoms with Crippen molar-refractivity contribution in [1.29, 1.82) is 0 Å². The molecule has 3 N–H and O–H groups in total. The van der Waals surface area contributed by atoms with Crippen molar-refractivity contribution in [3.8, 4) is 0 Å². The maximum Gasteiger partial charge on any atom is 0.332 e. The van der Waals surface area contributed by atoms with Gasteiger partial charge in [0, 0.05) is 42.5 Å². The number of benzene rings is 2. The lowest BCUT2D eigenvalue weighted by Gasteiger charge is -2.15. The molecule has 0 saturated heterocycles. The number of imidazole rings is 2. The van der Waals surface area contributed by atoms with Gasteiger partial charge < -0.3 is 18.6 Å². The second kappa shape index (κ2) is 18.9. The highest BCUT2D eigenvalue weighted by Gasteiger charge is 2.16. The molecule has 0 amide bonds. The number of nitrogens with one attached hydrogen (secondary N) is 3. The van der Waals surface area contributed by atoms with Crippen LogP contribution in [0.15, 0.2) is 92.5 Å². The number of hydrogen-bond donors (Lipinski definition) is 3. The summed E-state index contributed by atoms with van der Waals surface area (Å²) in [7, 11) is -2.08. The van der Waals surface area contributed by atoms with Gasteiger partial charge >= 0.3 is 11.4 Å². The van der Waals surface area contributed by atoms with E-state index in [-0.39, 0.29) is 6.73 Å². The molecule has 0 aliphatic carbocycles. The van der Waals surface area contributed by atoms with E-state index >= 15 is 0 Å². The maximum atomic E-state index is 12.3. The van der Waals surface area contributed by atoms with Crippen LogP contribution in [0.2, 0.25) is 51.4 Å². The zero-order valence-electron chi connectivity index (χ0n) is 31.1. The number of hydrogen-bond acceptors (Lipinski definition) is 8. The first-order chi connectivity index (χ1) is 25.1. The van der Waals surface area contributed by atoms with Crippen molar-refractivity contribution in [3.63, 3.8) is 0 Å². The summed E-state index contributed by atoms with van der Waals surface area (Å²) in [6, 6.07) is 22.1. The van der Waals surface area contributed by atoms with Crippen molar-refractivity contribution in [2.24, 2.45) is 0 Å². The Kier molecular flexibility index (Phi) is 14.7. The van der Waals surface area contributed by atoms with Crippen LogP contribution >= 0.6 is 11.6 Å². The Morgan fingerprint density at radius 3 is 1.72 bits per heavy atom. The van der Waals surface area contributed by atoms with E-state index in [0.29, 0.717) is 48.1 Å². The van der Waals surface area contributed by atoms with Crippen LogP contribution in [-0.4, -0.2) is 74.0 Å². The van der Waals surface area contributed by atoms with E-state index in [9.17, 15) is 19.2 Å². The van der Waals surface area contributed by atoms with E-state index in [4.69, 9.17) is 21.1 Å². The smallest absolute Gasteiger partial charge is 0.332 e. The highest BCUT2D eigenvalue weighted by atomic mass is 35.5. The SMILES string of the molecule is C[Si](C)(C)CCOCCl.C[Si](C)(C)CCOCn1c(=O)[nH]c(=O)c2c1ncn2Cc1ccccc1.O=c1[nH]c(=O)c2c(ncn2Cc2ccccc2)[nH]1. The van der Waals surface area contributed by atoms with Crippen LogP contribution < -0.4 is 22.5 Å². The number of ether oxygens (including phenoxy) is 2. The highest BCUT2D eigenvalue weighted by molar-refractivity contribution is 6.76. The average molecular weight is 781 g/mol. The van der Waals surface area contributed by atoms with Gasteiger partial charge in [0.2, 0.25) is 0 Å². The van der Waals surface area contributed by atoms with Crippen LogP contribution in [0.1, 0.15) is 11.1 Å². The van der Waals surface area contributed by atoms with Gasteiger partial charge in [0.05, 0.1) is 12.7 Å². The molecule has 6 aromatic rings. The van der Waals surface area contributed by atoms with Crippen LogP contribution in [0, 0.1) is 0 Å². The summed E-state index contributed by atoms with van der Waals surface area (Å²) in [6.45, 7) is 16.3. The molecule has 14 nitrogen and oxygen atoms in total. The molecule has 2 aromatic carbocycles. The third-order valence-corrected chi connectivity index (χ3v) is 11.5. The van der Waals surface area contributed by atoms with Crippen molar-refractivity contribution in [3.05, 3.63) is 126 Å². The monoisotopic (exact) mass is 780 g/mol. The van der Waals surface area contributed by atoms with Gasteiger partial charge in [0.25, 0.3) is 11.1 Å². The molecule has 0 saturated carbocycles. The molecule has 0 aliphatic heterocycles. The van der Waals surface area contributed by atoms with Crippen molar-refractivity contribution >= 4 is 50.1 Å². The number of fused-ring (bicyclic) bond motifs is 2. The fraction of sp³-hybridized carbons (Fsp3) is 0.389. The standard InChI is InChI=1S/C18H24N4O3Si.C12H10N4O2.C6H15ClOSi/c1-26(2,3)10-9-25-13-22-16-15(17(23)20-18(22)24)21(12-19-16)11-14-7-5-4-6-8-14;17-11-9-10(14-12(18)15-11)13-7-16(9)6-8-4-2-1-3-5-8;1-9(2,3)5-4-8-6-7/h4-8,12H,9-11,13H2,1-3H3,(H,20,23,24);1-5,7H,6H2,(H2,14,15,17,18);4-6H2,1-3H3. The molecule has 4 heterocycles. The van der Waals surface area contributed by atoms with E-state index < -0.39 is 38.6 Å². The van der Waals surface area contributed by atoms with Crippen LogP contribution in [0.3, 0.4) is 0 Å². The first kappa shape index (κ1) is 41.1. The predicted molar refractivity (Wildman–Crippen MR) is 216 cm³/mol. The third-order valence-electron chi connectivity index (χ3n) is 7.95. The molecule has 0 fully saturated rings. The quantitative estimate of drug-likeness (QED) is 0.0810. The molecule has 0 radical (unpaired) electrons. The minimum atomic E-state index is -1.20. The molecular weight excluding hydrogens is 732 g/mol. The molecule has 0 bridgehead atoms. The fourth-order valence-electron chi connectivity index (χ4n) is 5.02. The van der Waals surface area contributed by atoms with Crippen molar-refractivity contribution in [2.75, 3.05) is 19.3 Å². The molecular formula is C36H49ClN8O6Si2. The molecule has 0 aliphatic rings. The molecule has 284 valence electrons. The number of nitrogens with zero attached hydrogens (tertiary/aromatic N) is 5. The topological polar surface area (TPSA) is 175 Å². The zero-order valence-corrected chi connectivity index (χ0v) is 33.9. The largest absolute Gasteiger partial charge is 0.366 e. The molecule has 6 rings (SSSR count). The Balaban J connectivity index is 0.000000201. The van der Waals surface area contributed by atoms with Crippen LogP contribution in [0.25, 0.3) is 22.3 Å². The van der Waals surface area contributed by atoms with Gasteiger partial charge in [-0.15, -0.1) is 0 Å². The highest BCUT2D eigenvalue weighted by Crippen LogP contribution is 2.12. The van der Waals surface area contributed by atoms with Gasteiger partial charge in [0.15, 0.2) is 22.3 Å². The van der Waals surface area contributed by atoms with E-state index in [1.165, 1.54) is 10.6 Å². The first-order valence-corrected chi connectivity index (χ1v) is 25.2. The number of aromatic nitrogens is 8. The van der Waals surface area contributed by atoms with E-state index in [0.717, 1.165) is 23.8 Å². The Morgan fingerprint density at radius 1 is 0.660 bits per heavy atom. The van der Waals surface area contributed by atoms with Crippen LogP contribution in [0.5, 0.6) is 0 Å². The maximum absolute atomic E-state index is 12.3. The minimum absolute atomic E-state index is 0.0823. The third kappa shape index (κ3) is 12.8. The second-order valence-corrected chi connectivity index (χ2v) is 26.3. The lowest BCUT2D eigenvalue weighted by molar-refractivity contribution is 0.0865. The molecule has 0 atom stereocenters. The number of halogens is 1. The summed E-state index contributed by atoms with van der Waals surface area (Å²) in [5, 5.41) is 0. The number of alkyl halides is 1. The van der Waals surface area contributed by atoms with Gasteiger partial charge in [-0.05, 0) is 23.2 Å². The zero-order chi connectivity index (χ0) is 38.6. The lowest BCUT2D eigenvalue weighted by atomic mass is 10.2. The lowest BCUT2D eigenvalue weighted by Crippen LogP contribution is -2.32.